The van der Waals surface area contributed by atoms with Gasteiger partial charge in [-0.25, -0.2) is 0 Å². The molecule has 4 heteroatoms. The molecule has 0 saturated heterocycles. The Hall–Kier alpha value is -0.940. The Labute approximate surface area is 129 Å². The third-order valence-electron chi connectivity index (χ3n) is 3.52. The quantitative estimate of drug-likeness (QED) is 0.578. The zero-order chi connectivity index (χ0) is 15.3. The van der Waals surface area contributed by atoms with E-state index in [9.17, 15) is 5.11 Å². The first-order valence-electron chi connectivity index (χ1n) is 7.99. The van der Waals surface area contributed by atoms with Gasteiger partial charge in [0, 0.05) is 6.54 Å². The molecule has 0 spiro atoms. The van der Waals surface area contributed by atoms with E-state index in [1.165, 1.54) is 0 Å². The number of aliphatic hydroxyl groups is 1. The summed E-state index contributed by atoms with van der Waals surface area (Å²) in [5, 5.41) is 13.1. The highest BCUT2D eigenvalue weighted by Crippen LogP contribution is 2.00. The van der Waals surface area contributed by atoms with Gasteiger partial charge in [0.1, 0.15) is 0 Å². The summed E-state index contributed by atoms with van der Waals surface area (Å²) in [6, 6.07) is 10.0. The zero-order valence-electron chi connectivity index (χ0n) is 13.4. The van der Waals surface area contributed by atoms with Gasteiger partial charge in [0.2, 0.25) is 0 Å². The van der Waals surface area contributed by atoms with Crippen molar-refractivity contribution in [1.82, 2.24) is 10.2 Å². The number of nitrogens with zero attached hydrogens (tertiary/aromatic N) is 1. The van der Waals surface area contributed by atoms with Crippen LogP contribution in [0.15, 0.2) is 30.3 Å². The lowest BCUT2D eigenvalue weighted by atomic mass is 10.2. The van der Waals surface area contributed by atoms with Crippen molar-refractivity contribution in [2.75, 3.05) is 39.3 Å². The second-order valence-electron chi connectivity index (χ2n) is 5.24. The fourth-order valence-corrected chi connectivity index (χ4v) is 2.18. The lowest BCUT2D eigenvalue weighted by molar-refractivity contribution is 0.0289. The summed E-state index contributed by atoms with van der Waals surface area (Å²) in [5.41, 5.74) is 1.14. The molecule has 0 fully saturated rings. The molecule has 1 rings (SSSR count). The number of hydrogen-bond acceptors (Lipinski definition) is 4. The Morgan fingerprint density at radius 3 is 2.57 bits per heavy atom. The summed E-state index contributed by atoms with van der Waals surface area (Å²) in [6.07, 6.45) is 0.668. The van der Waals surface area contributed by atoms with Gasteiger partial charge in [-0.1, -0.05) is 44.2 Å². The van der Waals surface area contributed by atoms with Crippen LogP contribution in [0.1, 0.15) is 25.8 Å². The molecule has 4 nitrogen and oxygen atoms in total. The van der Waals surface area contributed by atoms with Crippen LogP contribution in [0.5, 0.6) is 0 Å². The van der Waals surface area contributed by atoms with Crippen molar-refractivity contribution in [3.63, 3.8) is 0 Å². The third-order valence-corrected chi connectivity index (χ3v) is 3.52. The molecule has 0 aliphatic heterocycles. The maximum atomic E-state index is 9.83. The normalized spacial score (nSPS) is 12.8. The first-order valence-corrected chi connectivity index (χ1v) is 7.99. The molecule has 0 heterocycles. The van der Waals surface area contributed by atoms with Crippen molar-refractivity contribution in [3.8, 4) is 0 Å². The van der Waals surface area contributed by atoms with Crippen LogP contribution in [0, 0.1) is 0 Å². The van der Waals surface area contributed by atoms with Gasteiger partial charge in [-0.15, -0.1) is 0 Å². The largest absolute Gasteiger partial charge is 0.389 e. The van der Waals surface area contributed by atoms with Crippen LogP contribution in [0.2, 0.25) is 0 Å². The molecular formula is C17H30N2O2. The van der Waals surface area contributed by atoms with E-state index < -0.39 is 6.10 Å². The van der Waals surface area contributed by atoms with E-state index in [0.717, 1.165) is 38.2 Å². The van der Waals surface area contributed by atoms with Crippen LogP contribution in [0.4, 0.5) is 0 Å². The minimum Gasteiger partial charge on any atom is -0.389 e. The SMILES string of the molecule is CCN(CC)CCCNCC(O)COCc1ccccc1. The zero-order valence-corrected chi connectivity index (χ0v) is 13.4. The topological polar surface area (TPSA) is 44.7 Å². The highest BCUT2D eigenvalue weighted by atomic mass is 16.5. The Morgan fingerprint density at radius 2 is 1.90 bits per heavy atom. The van der Waals surface area contributed by atoms with Crippen LogP contribution in [0.3, 0.4) is 0 Å². The predicted molar refractivity (Wildman–Crippen MR) is 87.4 cm³/mol. The summed E-state index contributed by atoms with van der Waals surface area (Å²) in [7, 11) is 0. The first kappa shape index (κ1) is 18.1. The minimum atomic E-state index is -0.442. The fraction of sp³-hybridized carbons (Fsp3) is 0.647. The lowest BCUT2D eigenvalue weighted by Crippen LogP contribution is -2.33. The average molecular weight is 294 g/mol. The molecule has 21 heavy (non-hydrogen) atoms. The molecule has 0 saturated carbocycles. The first-order chi connectivity index (χ1) is 10.3. The molecule has 0 aromatic heterocycles. The lowest BCUT2D eigenvalue weighted by Gasteiger charge is -2.18. The summed E-state index contributed by atoms with van der Waals surface area (Å²) in [4.78, 5) is 2.40. The number of benzene rings is 1. The monoisotopic (exact) mass is 294 g/mol. The molecule has 1 unspecified atom stereocenters. The van der Waals surface area contributed by atoms with E-state index in [0.29, 0.717) is 19.8 Å². The van der Waals surface area contributed by atoms with Gasteiger partial charge in [-0.3, -0.25) is 0 Å². The average Bonchev–Trinajstić information content (AvgIpc) is 2.52. The van der Waals surface area contributed by atoms with Crippen LogP contribution < -0.4 is 5.32 Å². The number of rotatable bonds is 12. The Morgan fingerprint density at radius 1 is 1.19 bits per heavy atom. The minimum absolute atomic E-state index is 0.373. The molecule has 1 aromatic carbocycles. The second kappa shape index (κ2) is 11.7. The molecule has 120 valence electrons. The van der Waals surface area contributed by atoms with Gasteiger partial charge < -0.3 is 20.1 Å². The molecule has 2 N–H and O–H groups in total. The van der Waals surface area contributed by atoms with Gasteiger partial charge in [0.05, 0.1) is 19.3 Å². The summed E-state index contributed by atoms with van der Waals surface area (Å²) in [6.45, 7) is 10.1. The molecule has 0 aliphatic carbocycles. The molecule has 1 atom stereocenters. The predicted octanol–water partition coefficient (Wildman–Crippen LogP) is 1.89. The van der Waals surface area contributed by atoms with Crippen LogP contribution >= 0.6 is 0 Å². The number of nitrogens with one attached hydrogen (secondary N) is 1. The van der Waals surface area contributed by atoms with Crippen molar-refractivity contribution in [2.24, 2.45) is 0 Å². The fourth-order valence-electron chi connectivity index (χ4n) is 2.18. The number of aliphatic hydroxyl groups excluding tert-OH is 1. The molecule has 0 radical (unpaired) electrons. The maximum Gasteiger partial charge on any atom is 0.0897 e. The summed E-state index contributed by atoms with van der Waals surface area (Å²) >= 11 is 0. The van der Waals surface area contributed by atoms with Gasteiger partial charge in [0.25, 0.3) is 0 Å². The van der Waals surface area contributed by atoms with E-state index in [1.807, 2.05) is 30.3 Å². The van der Waals surface area contributed by atoms with Crippen LogP contribution in [0.25, 0.3) is 0 Å². The van der Waals surface area contributed by atoms with Gasteiger partial charge >= 0.3 is 0 Å². The second-order valence-corrected chi connectivity index (χ2v) is 5.24. The van der Waals surface area contributed by atoms with Gasteiger partial charge in [-0.05, 0) is 38.2 Å². The van der Waals surface area contributed by atoms with Crippen molar-refractivity contribution < 1.29 is 9.84 Å². The van der Waals surface area contributed by atoms with E-state index in [4.69, 9.17) is 4.74 Å². The number of hydrogen-bond donors (Lipinski definition) is 2. The Bertz CT molecular complexity index is 342. The van der Waals surface area contributed by atoms with Crippen LogP contribution in [-0.2, 0) is 11.3 Å². The molecule has 0 amide bonds. The smallest absolute Gasteiger partial charge is 0.0897 e. The van der Waals surface area contributed by atoms with E-state index in [2.05, 4.69) is 24.1 Å². The van der Waals surface area contributed by atoms with Crippen molar-refractivity contribution >= 4 is 0 Å². The van der Waals surface area contributed by atoms with Crippen molar-refractivity contribution in [1.29, 1.82) is 0 Å². The molecule has 1 aromatic rings. The molecule has 0 aliphatic rings. The van der Waals surface area contributed by atoms with E-state index in [-0.39, 0.29) is 0 Å². The standard InChI is InChI=1S/C17H30N2O2/c1-3-19(4-2)12-8-11-18-13-17(20)15-21-14-16-9-6-5-7-10-16/h5-7,9-10,17-18,20H,3-4,8,11-15H2,1-2H3. The third kappa shape index (κ3) is 8.83. The van der Waals surface area contributed by atoms with Crippen molar-refractivity contribution in [3.05, 3.63) is 35.9 Å². The van der Waals surface area contributed by atoms with Crippen molar-refractivity contribution in [2.45, 2.75) is 33.0 Å². The molecule has 0 bridgehead atoms. The highest BCUT2D eigenvalue weighted by Gasteiger charge is 2.04. The summed E-state index contributed by atoms with van der Waals surface area (Å²) in [5.74, 6) is 0. The summed E-state index contributed by atoms with van der Waals surface area (Å²) < 4.78 is 5.51. The van der Waals surface area contributed by atoms with E-state index in [1.54, 1.807) is 0 Å². The Balaban J connectivity index is 1.97. The molecular weight excluding hydrogens is 264 g/mol. The maximum absolute atomic E-state index is 9.83. The van der Waals surface area contributed by atoms with Gasteiger partial charge in [-0.2, -0.15) is 0 Å². The highest BCUT2D eigenvalue weighted by molar-refractivity contribution is 5.13. The van der Waals surface area contributed by atoms with Crippen LogP contribution in [-0.4, -0.2) is 55.4 Å². The number of ether oxygens (including phenoxy) is 1. The van der Waals surface area contributed by atoms with E-state index >= 15 is 0 Å². The Kier molecular flexibility index (Phi) is 10.1. The van der Waals surface area contributed by atoms with Gasteiger partial charge in [0.15, 0.2) is 0 Å².